The van der Waals surface area contributed by atoms with Crippen LogP contribution in [0.1, 0.15) is 26.3 Å². The largest absolute Gasteiger partial charge is 0.507 e. The zero-order valence-corrected chi connectivity index (χ0v) is 10.4. The summed E-state index contributed by atoms with van der Waals surface area (Å²) in [6.07, 6.45) is 0. The number of aliphatic hydroxyl groups excluding tert-OH is 1. The molecule has 0 atom stereocenters. The lowest BCUT2D eigenvalue weighted by Crippen LogP contribution is -2.07. The van der Waals surface area contributed by atoms with E-state index in [1.54, 1.807) is 24.3 Å². The van der Waals surface area contributed by atoms with E-state index < -0.39 is 0 Å². The Morgan fingerprint density at radius 1 is 1.25 bits per heavy atom. The minimum absolute atomic E-state index is 0.00632. The number of carbonyl (C=O) groups excluding carboxylic acids is 1. The average molecular weight is 239 g/mol. The summed E-state index contributed by atoms with van der Waals surface area (Å²) in [7, 11) is 0. The number of hydrogen-bond acceptors (Lipinski definition) is 2. The quantitative estimate of drug-likeness (QED) is 0.642. The summed E-state index contributed by atoms with van der Waals surface area (Å²) < 4.78 is 0. The molecule has 0 bridgehead atoms. The van der Waals surface area contributed by atoms with Crippen molar-refractivity contribution in [2.45, 2.75) is 20.8 Å². The smallest absolute Gasteiger partial charge is 0.159 e. The molecular weight excluding hydrogens is 224 g/mol. The normalized spacial score (nSPS) is 12.6. The molecule has 2 nitrogen and oxygen atoms in total. The van der Waals surface area contributed by atoms with Crippen molar-refractivity contribution in [2.24, 2.45) is 5.92 Å². The molecule has 0 aliphatic carbocycles. The molecule has 0 unspecified atom stereocenters. The molecule has 0 aliphatic heterocycles. The SMILES string of the molecule is CC(=O)C(=C(O)c1ccc(Cl)cc1)C(C)C. The van der Waals surface area contributed by atoms with Crippen LogP contribution in [0.15, 0.2) is 29.8 Å². The van der Waals surface area contributed by atoms with E-state index in [0.717, 1.165) is 0 Å². The highest BCUT2D eigenvalue weighted by molar-refractivity contribution is 6.30. The Morgan fingerprint density at radius 2 is 1.75 bits per heavy atom. The summed E-state index contributed by atoms with van der Waals surface area (Å²) in [4.78, 5) is 11.4. The molecule has 0 saturated heterocycles. The van der Waals surface area contributed by atoms with Crippen molar-refractivity contribution < 1.29 is 9.90 Å². The molecule has 0 amide bonds. The lowest BCUT2D eigenvalue weighted by molar-refractivity contribution is -0.114. The molecule has 0 radical (unpaired) electrons. The van der Waals surface area contributed by atoms with Gasteiger partial charge in [0.25, 0.3) is 0 Å². The maximum absolute atomic E-state index is 11.4. The Kier molecular flexibility index (Phi) is 4.13. The number of hydrogen-bond donors (Lipinski definition) is 1. The molecule has 0 aromatic heterocycles. The first-order valence-electron chi connectivity index (χ1n) is 5.13. The van der Waals surface area contributed by atoms with E-state index in [1.165, 1.54) is 6.92 Å². The molecular formula is C13H15ClO2. The van der Waals surface area contributed by atoms with Gasteiger partial charge in [0, 0.05) is 16.2 Å². The zero-order chi connectivity index (χ0) is 12.3. The topological polar surface area (TPSA) is 37.3 Å². The highest BCUT2D eigenvalue weighted by Crippen LogP contribution is 2.23. The van der Waals surface area contributed by atoms with E-state index in [9.17, 15) is 9.90 Å². The van der Waals surface area contributed by atoms with Crippen LogP contribution in [0.25, 0.3) is 5.76 Å². The van der Waals surface area contributed by atoms with Crippen molar-refractivity contribution >= 4 is 23.1 Å². The predicted octanol–water partition coefficient (Wildman–Crippen LogP) is 3.85. The molecule has 16 heavy (non-hydrogen) atoms. The Morgan fingerprint density at radius 3 is 2.12 bits per heavy atom. The van der Waals surface area contributed by atoms with Crippen LogP contribution >= 0.6 is 11.6 Å². The number of Topliss-reactive ketones (excluding diaryl/α,β-unsaturated/α-hetero) is 1. The first-order valence-corrected chi connectivity index (χ1v) is 5.51. The number of ketones is 1. The van der Waals surface area contributed by atoms with Gasteiger partial charge >= 0.3 is 0 Å². The second-order valence-electron chi connectivity index (χ2n) is 3.98. The summed E-state index contributed by atoms with van der Waals surface area (Å²) in [6.45, 7) is 5.22. The van der Waals surface area contributed by atoms with Gasteiger partial charge in [0.1, 0.15) is 5.76 Å². The van der Waals surface area contributed by atoms with E-state index in [2.05, 4.69) is 0 Å². The Labute approximate surface area is 101 Å². The van der Waals surface area contributed by atoms with Gasteiger partial charge in [-0.2, -0.15) is 0 Å². The monoisotopic (exact) mass is 238 g/mol. The lowest BCUT2D eigenvalue weighted by Gasteiger charge is -2.11. The molecule has 1 aromatic carbocycles. The summed E-state index contributed by atoms with van der Waals surface area (Å²) in [5.74, 6) is -0.0743. The van der Waals surface area contributed by atoms with Crippen molar-refractivity contribution in [3.8, 4) is 0 Å². The van der Waals surface area contributed by atoms with Crippen molar-refractivity contribution in [1.29, 1.82) is 0 Å². The molecule has 1 rings (SSSR count). The fraction of sp³-hybridized carbons (Fsp3) is 0.308. The molecule has 1 aromatic rings. The third-order valence-corrected chi connectivity index (χ3v) is 2.58. The number of benzene rings is 1. The maximum Gasteiger partial charge on any atom is 0.159 e. The third kappa shape index (κ3) is 2.86. The first-order chi connectivity index (χ1) is 7.43. The van der Waals surface area contributed by atoms with Gasteiger partial charge in [-0.3, -0.25) is 4.79 Å². The summed E-state index contributed by atoms with van der Waals surface area (Å²) in [6, 6.07) is 6.77. The summed E-state index contributed by atoms with van der Waals surface area (Å²) >= 11 is 5.76. The van der Waals surface area contributed by atoms with Crippen LogP contribution in [-0.2, 0) is 4.79 Å². The molecule has 0 saturated carbocycles. The zero-order valence-electron chi connectivity index (χ0n) is 9.62. The van der Waals surface area contributed by atoms with Gasteiger partial charge < -0.3 is 5.11 Å². The van der Waals surface area contributed by atoms with E-state index in [4.69, 9.17) is 11.6 Å². The number of carbonyl (C=O) groups is 1. The van der Waals surface area contributed by atoms with E-state index >= 15 is 0 Å². The standard InChI is InChI=1S/C13H15ClO2/c1-8(2)12(9(3)15)13(16)10-4-6-11(14)7-5-10/h4-8,16H,1-3H3. The highest BCUT2D eigenvalue weighted by atomic mass is 35.5. The van der Waals surface area contributed by atoms with Crippen LogP contribution in [0, 0.1) is 5.92 Å². The van der Waals surface area contributed by atoms with Crippen molar-refractivity contribution in [3.05, 3.63) is 40.4 Å². The van der Waals surface area contributed by atoms with Gasteiger partial charge in [0.2, 0.25) is 0 Å². The van der Waals surface area contributed by atoms with Crippen LogP contribution in [-0.4, -0.2) is 10.9 Å². The maximum atomic E-state index is 11.4. The molecule has 1 N–H and O–H groups in total. The van der Waals surface area contributed by atoms with Gasteiger partial charge in [0.05, 0.1) is 0 Å². The summed E-state index contributed by atoms with van der Waals surface area (Å²) in [5.41, 5.74) is 1.06. The molecule has 0 aliphatic rings. The number of rotatable bonds is 3. The van der Waals surface area contributed by atoms with Crippen LogP contribution < -0.4 is 0 Å². The van der Waals surface area contributed by atoms with E-state index in [-0.39, 0.29) is 17.5 Å². The van der Waals surface area contributed by atoms with Crippen LogP contribution in [0.2, 0.25) is 5.02 Å². The van der Waals surface area contributed by atoms with Crippen LogP contribution in [0.3, 0.4) is 0 Å². The predicted molar refractivity (Wildman–Crippen MR) is 66.5 cm³/mol. The Hall–Kier alpha value is -1.28. The minimum Gasteiger partial charge on any atom is -0.507 e. The minimum atomic E-state index is -0.109. The van der Waals surface area contributed by atoms with Gasteiger partial charge in [-0.15, -0.1) is 0 Å². The van der Waals surface area contributed by atoms with Crippen LogP contribution in [0.4, 0.5) is 0 Å². The second kappa shape index (κ2) is 5.17. The molecule has 3 heteroatoms. The van der Waals surface area contributed by atoms with E-state index in [0.29, 0.717) is 16.2 Å². The average Bonchev–Trinajstić information content (AvgIpc) is 2.17. The van der Waals surface area contributed by atoms with Crippen LogP contribution in [0.5, 0.6) is 0 Å². The molecule has 86 valence electrons. The Balaban J connectivity index is 3.24. The van der Waals surface area contributed by atoms with Gasteiger partial charge in [0.15, 0.2) is 5.78 Å². The van der Waals surface area contributed by atoms with Gasteiger partial charge in [-0.05, 0) is 37.1 Å². The van der Waals surface area contributed by atoms with Crippen molar-refractivity contribution in [1.82, 2.24) is 0 Å². The fourth-order valence-electron chi connectivity index (χ4n) is 1.61. The lowest BCUT2D eigenvalue weighted by atomic mass is 9.95. The number of halogens is 1. The summed E-state index contributed by atoms with van der Waals surface area (Å²) in [5, 5.41) is 10.6. The first kappa shape index (κ1) is 12.8. The highest BCUT2D eigenvalue weighted by Gasteiger charge is 2.16. The third-order valence-electron chi connectivity index (χ3n) is 2.33. The van der Waals surface area contributed by atoms with Gasteiger partial charge in [-0.25, -0.2) is 0 Å². The molecule has 0 spiro atoms. The number of allylic oxidation sites excluding steroid dienone is 1. The van der Waals surface area contributed by atoms with Gasteiger partial charge in [-0.1, -0.05) is 25.4 Å². The van der Waals surface area contributed by atoms with E-state index in [1.807, 2.05) is 13.8 Å². The van der Waals surface area contributed by atoms with Crippen molar-refractivity contribution in [2.75, 3.05) is 0 Å². The second-order valence-corrected chi connectivity index (χ2v) is 4.42. The Bertz CT molecular complexity index is 416. The molecule has 0 fully saturated rings. The van der Waals surface area contributed by atoms with Crippen molar-refractivity contribution in [3.63, 3.8) is 0 Å². The fourth-order valence-corrected chi connectivity index (χ4v) is 1.74. The molecule has 0 heterocycles. The number of aliphatic hydroxyl groups is 1.